The fraction of sp³-hybridized carbons (Fsp3) is 0.417. The van der Waals surface area contributed by atoms with Gasteiger partial charge in [-0.2, -0.15) is 10.2 Å². The number of anilines is 2. The van der Waals surface area contributed by atoms with Crippen LogP contribution < -0.4 is 15.1 Å². The van der Waals surface area contributed by atoms with E-state index >= 15 is 13.6 Å². The molecule has 2 aromatic carbocycles. The van der Waals surface area contributed by atoms with Crippen molar-refractivity contribution in [3.05, 3.63) is 119 Å². The molecule has 2 unspecified atom stereocenters. The number of aromatic nitrogens is 5. The number of aliphatic hydroxyl groups excluding tert-OH is 2. The van der Waals surface area contributed by atoms with E-state index in [2.05, 4.69) is 52.1 Å². The van der Waals surface area contributed by atoms with Crippen LogP contribution in [0.5, 0.6) is 0 Å². The lowest BCUT2D eigenvalue weighted by Crippen LogP contribution is -2.43. The lowest BCUT2D eigenvalue weighted by atomic mass is 9.84. The summed E-state index contributed by atoms with van der Waals surface area (Å²) in [5.41, 5.74) is 5.89. The van der Waals surface area contributed by atoms with Crippen LogP contribution in [-0.4, -0.2) is 82.3 Å². The summed E-state index contributed by atoms with van der Waals surface area (Å²) in [5, 5.41) is 39.5. The van der Waals surface area contributed by atoms with Crippen LogP contribution in [0.25, 0.3) is 22.1 Å². The van der Waals surface area contributed by atoms with Crippen LogP contribution in [0.1, 0.15) is 115 Å². The van der Waals surface area contributed by atoms with Crippen LogP contribution in [0.4, 0.5) is 20.3 Å². The number of carbonyl (C=O) groups excluding carboxylic acids is 1. The van der Waals surface area contributed by atoms with Gasteiger partial charge >= 0.3 is 6.41 Å². The molecule has 65 heavy (non-hydrogen) atoms. The minimum Gasteiger partial charge on any atom is -0.376 e. The van der Waals surface area contributed by atoms with E-state index in [0.29, 0.717) is 77.3 Å². The second-order valence-electron chi connectivity index (χ2n) is 19.2. The number of hydrogen-bond donors (Lipinski definition) is 3. The topological polar surface area (TPSA) is 150 Å². The predicted octanol–water partition coefficient (Wildman–Crippen LogP) is 6.91. The number of aliphatic hydroxyl groups is 2. The van der Waals surface area contributed by atoms with Gasteiger partial charge in [-0.25, -0.2) is 13.5 Å². The Morgan fingerprint density at radius 3 is 2.52 bits per heavy atom. The summed E-state index contributed by atoms with van der Waals surface area (Å²) in [7, 11) is 1.74. The Labute approximate surface area is 373 Å². The van der Waals surface area contributed by atoms with Crippen LogP contribution in [0.15, 0.2) is 78.6 Å². The van der Waals surface area contributed by atoms with Crippen molar-refractivity contribution >= 4 is 39.7 Å². The van der Waals surface area contributed by atoms with Crippen molar-refractivity contribution < 1.29 is 33.4 Å². The molecule has 12 rings (SSSR count). The van der Waals surface area contributed by atoms with Crippen LogP contribution in [0.2, 0.25) is 0 Å². The fourth-order valence-electron chi connectivity index (χ4n) is 10.9. The van der Waals surface area contributed by atoms with Gasteiger partial charge in [0, 0.05) is 62.5 Å². The van der Waals surface area contributed by atoms with Gasteiger partial charge in [-0.1, -0.05) is 11.2 Å². The third-order valence-corrected chi connectivity index (χ3v) is 14.6. The minimum absolute atomic E-state index is 0.121. The van der Waals surface area contributed by atoms with Crippen molar-refractivity contribution in [3.63, 3.8) is 0 Å². The highest BCUT2D eigenvalue weighted by Gasteiger charge is 2.55. The molecule has 336 valence electrons. The second kappa shape index (κ2) is 14.3. The molecule has 0 bridgehead atoms. The molecule has 0 radical (unpaired) electrons. The van der Waals surface area contributed by atoms with Crippen molar-refractivity contribution in [2.75, 3.05) is 23.0 Å². The fourth-order valence-corrected chi connectivity index (χ4v) is 10.9. The Morgan fingerprint density at radius 2 is 1.77 bits per heavy atom. The van der Waals surface area contributed by atoms with Gasteiger partial charge in [-0.15, -0.1) is 0 Å². The highest BCUT2D eigenvalue weighted by atomic mass is 19.1. The molecule has 4 aromatic heterocycles. The Hall–Kier alpha value is -6.30. The van der Waals surface area contributed by atoms with Crippen LogP contribution >= 0.6 is 0 Å². The first-order valence-electron chi connectivity index (χ1n) is 22.5. The lowest BCUT2D eigenvalue weighted by molar-refractivity contribution is -0.0896. The van der Waals surface area contributed by atoms with Crippen molar-refractivity contribution in [3.8, 4) is 5.69 Å². The lowest BCUT2D eigenvalue weighted by Gasteiger charge is -2.36. The van der Waals surface area contributed by atoms with Gasteiger partial charge in [0.1, 0.15) is 11.6 Å². The average molecular weight is 885 g/mol. The summed E-state index contributed by atoms with van der Waals surface area (Å²) in [6.07, 6.45) is 11.5. The molecule has 17 heteroatoms. The molecule has 1 amide bonds. The number of hydrogen-bond acceptors (Lipinski definition) is 11. The average Bonchev–Trinajstić information content (AvgIpc) is 4.03. The van der Waals surface area contributed by atoms with Gasteiger partial charge in [-0.3, -0.25) is 14.4 Å². The molecular weight excluding hydrogens is 835 g/mol. The van der Waals surface area contributed by atoms with Gasteiger partial charge in [0.15, 0.2) is 11.7 Å². The van der Waals surface area contributed by atoms with Gasteiger partial charge in [-0.05, 0) is 119 Å². The zero-order valence-electron chi connectivity index (χ0n) is 36.6. The summed E-state index contributed by atoms with van der Waals surface area (Å²) in [5.74, 6) is 0.379. The predicted molar refractivity (Wildman–Crippen MR) is 237 cm³/mol. The van der Waals surface area contributed by atoms with Gasteiger partial charge in [0.05, 0.1) is 62.3 Å². The molecule has 8 heterocycles. The van der Waals surface area contributed by atoms with Crippen molar-refractivity contribution in [1.29, 1.82) is 0 Å². The molecular formula is C48H50F2N10O5. The number of halogens is 2. The third-order valence-electron chi connectivity index (χ3n) is 14.6. The van der Waals surface area contributed by atoms with Gasteiger partial charge < -0.3 is 39.3 Å². The van der Waals surface area contributed by atoms with Gasteiger partial charge in [0.2, 0.25) is 6.35 Å². The number of pyridine rings is 1. The van der Waals surface area contributed by atoms with Gasteiger partial charge in [0.25, 0.3) is 5.91 Å². The number of nitrogens with zero attached hydrogens (tertiary/aromatic N) is 9. The van der Waals surface area contributed by atoms with E-state index in [9.17, 15) is 10.2 Å². The van der Waals surface area contributed by atoms with E-state index in [4.69, 9.17) is 14.7 Å². The number of amides is 1. The Morgan fingerprint density at radius 1 is 0.969 bits per heavy atom. The van der Waals surface area contributed by atoms with E-state index in [1.165, 1.54) is 22.7 Å². The first-order valence-corrected chi connectivity index (χ1v) is 22.5. The number of carbonyl (C=O) groups is 1. The molecule has 15 nitrogen and oxygen atoms in total. The number of fused-ring (bicyclic) bond motifs is 3. The minimum atomic E-state index is -1.41. The zero-order valence-corrected chi connectivity index (χ0v) is 36.6. The van der Waals surface area contributed by atoms with Crippen molar-refractivity contribution in [2.24, 2.45) is 12.2 Å². The molecule has 6 aliphatic rings. The molecule has 2 aliphatic carbocycles. The molecule has 3 fully saturated rings. The quantitative estimate of drug-likeness (QED) is 0.147. The molecule has 4 atom stereocenters. The monoisotopic (exact) mass is 884 g/mol. The van der Waals surface area contributed by atoms with E-state index in [0.717, 1.165) is 42.5 Å². The summed E-state index contributed by atoms with van der Waals surface area (Å²) in [6.45, 7) is 7.23. The Kier molecular flexibility index (Phi) is 8.88. The standard InChI is InChI=1S/C48H50F2N10O5/c1-26-39-35(53-60(30-8-9-34(49)31(21-30)27-5-6-27)42(39)59-19-18-58(46(59)63)38-12-11-36-32(41(38)50)23-51-55(36)4)13-17-57(26)43(61)33-25-56-24-29(28-14-20-64-47(2,3)22-28)7-10-37(56)40(33)48(15-16-48)44-52-45(62)65-54-44/h7-12,18-19,21,23-28,45-46,62-63H,5-6,13-17,20,22H2,1-4H3,(H,52,54)/t26-,28+,45?,46?/m0/s1. The second-order valence-corrected chi connectivity index (χ2v) is 19.2. The third kappa shape index (κ3) is 6.29. The number of ether oxygens (including phenoxy) is 1. The number of oxime groups is 1. The molecule has 4 aliphatic heterocycles. The zero-order chi connectivity index (χ0) is 44.7. The Balaban J connectivity index is 0.957. The van der Waals surface area contributed by atoms with Crippen LogP contribution in [0, 0.1) is 11.6 Å². The number of nitrogens with one attached hydrogen (secondary N) is 1. The molecule has 2 saturated carbocycles. The number of amidine groups is 1. The first-order chi connectivity index (χ1) is 31.3. The molecule has 3 N–H and O–H groups in total. The van der Waals surface area contributed by atoms with E-state index < -0.39 is 30.0 Å². The Bertz CT molecular complexity index is 3020. The SMILES string of the molecule is C[C@H]1c2c(nn(-c3ccc(F)c(C4CC4)c3)c2N2C=CN(c3ccc4c(cnn4C)c3F)C2O)CCN1C(=O)c1cn2cc([C@@H]3CCOC(C)(C)C3)ccc2c1C1(C2=NOC(O)N2)CC1. The molecule has 1 saturated heterocycles. The normalized spacial score (nSPS) is 24.4. The van der Waals surface area contributed by atoms with E-state index in [-0.39, 0.29) is 34.8 Å². The molecule has 0 spiro atoms. The number of benzene rings is 2. The van der Waals surface area contributed by atoms with Crippen LogP contribution in [-0.2, 0) is 28.5 Å². The van der Waals surface area contributed by atoms with E-state index in [1.54, 1.807) is 51.9 Å². The molecule has 6 aromatic rings. The smallest absolute Gasteiger partial charge is 0.304 e. The van der Waals surface area contributed by atoms with Crippen LogP contribution in [0.3, 0.4) is 0 Å². The highest BCUT2D eigenvalue weighted by molar-refractivity contribution is 6.05. The van der Waals surface area contributed by atoms with Crippen molar-refractivity contribution in [2.45, 2.75) is 107 Å². The number of aryl methyl sites for hydroxylation is 1. The largest absolute Gasteiger partial charge is 0.376 e. The van der Waals surface area contributed by atoms with E-state index in [1.807, 2.05) is 24.1 Å². The summed E-state index contributed by atoms with van der Waals surface area (Å²) >= 11 is 0. The maximum Gasteiger partial charge on any atom is 0.304 e. The first kappa shape index (κ1) is 40.2. The summed E-state index contributed by atoms with van der Waals surface area (Å²) in [6, 6.07) is 12.0. The van der Waals surface area contributed by atoms with Crippen molar-refractivity contribution in [1.82, 2.24) is 34.2 Å². The highest BCUT2D eigenvalue weighted by Crippen LogP contribution is 2.54. The maximum absolute atomic E-state index is 16.2. The number of rotatable bonds is 8. The summed E-state index contributed by atoms with van der Waals surface area (Å²) in [4.78, 5) is 25.7. The maximum atomic E-state index is 16.2. The summed E-state index contributed by atoms with van der Waals surface area (Å²) < 4.78 is 42.9.